The number of thioether (sulfide) groups is 1. The van der Waals surface area contributed by atoms with Crippen LogP contribution < -0.4 is 5.32 Å². The van der Waals surface area contributed by atoms with Gasteiger partial charge in [0.15, 0.2) is 0 Å². The van der Waals surface area contributed by atoms with E-state index in [1.807, 2.05) is 13.0 Å². The third-order valence-electron chi connectivity index (χ3n) is 5.03. The lowest BCUT2D eigenvalue weighted by Crippen LogP contribution is -2.48. The summed E-state index contributed by atoms with van der Waals surface area (Å²) >= 11 is 1.64. The van der Waals surface area contributed by atoms with E-state index in [0.717, 1.165) is 37.8 Å². The summed E-state index contributed by atoms with van der Waals surface area (Å²) in [5.74, 6) is 3.16. The van der Waals surface area contributed by atoms with Crippen molar-refractivity contribution in [3.63, 3.8) is 0 Å². The standard InChI is InChI=1S/C17H22N4O2S/c1-10-18-13(11-5-6-11)7-15(19-10)20-16(22)14-8-24-9-21(14)17(23)12-3-2-4-12/h7,11-12,14H,2-6,8-9H2,1H3,(H,18,19,20,22)/t14-/m1/s1. The van der Waals surface area contributed by atoms with Crippen LogP contribution in [0.5, 0.6) is 0 Å². The summed E-state index contributed by atoms with van der Waals surface area (Å²) in [5.41, 5.74) is 1.01. The number of nitrogens with zero attached hydrogens (tertiary/aromatic N) is 3. The number of carbonyl (C=O) groups is 2. The number of nitrogens with one attached hydrogen (secondary N) is 1. The van der Waals surface area contributed by atoms with E-state index < -0.39 is 0 Å². The van der Waals surface area contributed by atoms with Gasteiger partial charge >= 0.3 is 0 Å². The van der Waals surface area contributed by atoms with E-state index in [1.165, 1.54) is 0 Å². The van der Waals surface area contributed by atoms with Gasteiger partial charge < -0.3 is 10.2 Å². The van der Waals surface area contributed by atoms with Gasteiger partial charge in [-0.05, 0) is 32.6 Å². The Hall–Kier alpha value is -1.63. The zero-order valence-electron chi connectivity index (χ0n) is 13.8. The molecule has 0 unspecified atom stereocenters. The Morgan fingerprint density at radius 2 is 2.04 bits per heavy atom. The Balaban J connectivity index is 1.46. The molecule has 1 aromatic heterocycles. The van der Waals surface area contributed by atoms with E-state index in [0.29, 0.717) is 29.2 Å². The predicted octanol–water partition coefficient (Wildman–Crippen LogP) is 2.30. The van der Waals surface area contributed by atoms with Gasteiger partial charge in [0.2, 0.25) is 11.8 Å². The monoisotopic (exact) mass is 346 g/mol. The van der Waals surface area contributed by atoms with Gasteiger partial charge in [-0.25, -0.2) is 9.97 Å². The smallest absolute Gasteiger partial charge is 0.249 e. The molecule has 24 heavy (non-hydrogen) atoms. The fourth-order valence-corrected chi connectivity index (χ4v) is 4.38. The van der Waals surface area contributed by atoms with Crippen molar-refractivity contribution < 1.29 is 9.59 Å². The maximum atomic E-state index is 12.7. The van der Waals surface area contributed by atoms with Crippen molar-refractivity contribution in [3.8, 4) is 0 Å². The number of aromatic nitrogens is 2. The second-order valence-electron chi connectivity index (χ2n) is 6.94. The van der Waals surface area contributed by atoms with Crippen LogP contribution in [0.2, 0.25) is 0 Å². The van der Waals surface area contributed by atoms with Crippen LogP contribution in [-0.4, -0.2) is 44.4 Å². The minimum atomic E-state index is -0.386. The Morgan fingerprint density at radius 3 is 2.71 bits per heavy atom. The molecule has 1 N–H and O–H groups in total. The number of rotatable bonds is 4. The average molecular weight is 346 g/mol. The third kappa shape index (κ3) is 3.14. The Morgan fingerprint density at radius 1 is 1.25 bits per heavy atom. The number of carbonyl (C=O) groups excluding carboxylic acids is 2. The molecule has 3 aliphatic rings. The largest absolute Gasteiger partial charge is 0.320 e. The molecule has 0 radical (unpaired) electrons. The molecule has 128 valence electrons. The van der Waals surface area contributed by atoms with Crippen molar-refractivity contribution in [2.45, 2.75) is 51.0 Å². The molecule has 1 atom stereocenters. The summed E-state index contributed by atoms with van der Waals surface area (Å²) in [6.45, 7) is 1.85. The van der Waals surface area contributed by atoms with Crippen molar-refractivity contribution in [3.05, 3.63) is 17.6 Å². The highest BCUT2D eigenvalue weighted by atomic mass is 32.2. The fraction of sp³-hybridized carbons (Fsp3) is 0.647. The molecule has 2 saturated carbocycles. The van der Waals surface area contributed by atoms with Crippen LogP contribution in [-0.2, 0) is 9.59 Å². The SMILES string of the molecule is Cc1nc(NC(=O)[C@H]2CSCN2C(=O)C2CCC2)cc(C2CC2)n1. The zero-order chi connectivity index (χ0) is 16.7. The summed E-state index contributed by atoms with van der Waals surface area (Å²) in [5, 5.41) is 2.91. The lowest BCUT2D eigenvalue weighted by Gasteiger charge is -2.31. The van der Waals surface area contributed by atoms with Crippen molar-refractivity contribution in [2.75, 3.05) is 16.9 Å². The molecule has 0 aromatic carbocycles. The lowest BCUT2D eigenvalue weighted by atomic mass is 9.84. The van der Waals surface area contributed by atoms with Gasteiger partial charge in [0.05, 0.1) is 5.88 Å². The first-order valence-electron chi connectivity index (χ1n) is 8.66. The molecule has 4 rings (SSSR count). The van der Waals surface area contributed by atoms with E-state index in [-0.39, 0.29) is 23.8 Å². The average Bonchev–Trinajstić information content (AvgIpc) is 3.21. The van der Waals surface area contributed by atoms with E-state index in [2.05, 4.69) is 15.3 Å². The molecule has 0 bridgehead atoms. The maximum absolute atomic E-state index is 12.7. The van der Waals surface area contributed by atoms with Crippen LogP contribution in [0.1, 0.15) is 49.5 Å². The summed E-state index contributed by atoms with van der Waals surface area (Å²) < 4.78 is 0. The van der Waals surface area contributed by atoms with Gasteiger partial charge in [-0.3, -0.25) is 9.59 Å². The topological polar surface area (TPSA) is 75.2 Å². The van der Waals surface area contributed by atoms with Gasteiger partial charge in [0.25, 0.3) is 0 Å². The number of hydrogen-bond donors (Lipinski definition) is 1. The molecule has 3 fully saturated rings. The van der Waals surface area contributed by atoms with Gasteiger partial charge in [-0.2, -0.15) is 0 Å². The molecule has 1 aromatic rings. The molecule has 1 aliphatic heterocycles. The lowest BCUT2D eigenvalue weighted by molar-refractivity contribution is -0.141. The van der Waals surface area contributed by atoms with Crippen molar-refractivity contribution in [1.82, 2.24) is 14.9 Å². The Kier molecular flexibility index (Phi) is 4.20. The van der Waals surface area contributed by atoms with E-state index in [1.54, 1.807) is 16.7 Å². The van der Waals surface area contributed by atoms with Crippen LogP contribution in [0.3, 0.4) is 0 Å². The molecule has 1 saturated heterocycles. The molecule has 0 spiro atoms. The summed E-state index contributed by atoms with van der Waals surface area (Å²) in [4.78, 5) is 35.7. The van der Waals surface area contributed by atoms with Gasteiger partial charge in [0.1, 0.15) is 17.7 Å². The second-order valence-corrected chi connectivity index (χ2v) is 7.94. The Labute approximate surface area is 145 Å². The van der Waals surface area contributed by atoms with Gasteiger partial charge in [0, 0.05) is 29.3 Å². The van der Waals surface area contributed by atoms with E-state index in [4.69, 9.17) is 0 Å². The maximum Gasteiger partial charge on any atom is 0.249 e. The first kappa shape index (κ1) is 15.9. The van der Waals surface area contributed by atoms with E-state index >= 15 is 0 Å². The molecule has 2 heterocycles. The van der Waals surface area contributed by atoms with Crippen LogP contribution >= 0.6 is 11.8 Å². The molecule has 2 aliphatic carbocycles. The highest BCUT2D eigenvalue weighted by molar-refractivity contribution is 7.99. The minimum Gasteiger partial charge on any atom is -0.320 e. The quantitative estimate of drug-likeness (QED) is 0.905. The van der Waals surface area contributed by atoms with Crippen molar-refractivity contribution >= 4 is 29.4 Å². The Bertz CT molecular complexity index is 673. The molecule has 6 nitrogen and oxygen atoms in total. The molecular formula is C17H22N4O2S. The van der Waals surface area contributed by atoms with Crippen LogP contribution in [0, 0.1) is 12.8 Å². The number of anilines is 1. The van der Waals surface area contributed by atoms with Crippen LogP contribution in [0.4, 0.5) is 5.82 Å². The van der Waals surface area contributed by atoms with Crippen molar-refractivity contribution in [2.24, 2.45) is 5.92 Å². The first-order chi connectivity index (χ1) is 11.6. The fourth-order valence-electron chi connectivity index (χ4n) is 3.22. The van der Waals surface area contributed by atoms with Crippen LogP contribution in [0.25, 0.3) is 0 Å². The van der Waals surface area contributed by atoms with Gasteiger partial charge in [-0.15, -0.1) is 11.8 Å². The highest BCUT2D eigenvalue weighted by Crippen LogP contribution is 2.39. The molecular weight excluding hydrogens is 324 g/mol. The molecule has 7 heteroatoms. The summed E-state index contributed by atoms with van der Waals surface area (Å²) in [6.07, 6.45) is 5.37. The number of hydrogen-bond acceptors (Lipinski definition) is 5. The predicted molar refractivity (Wildman–Crippen MR) is 92.7 cm³/mol. The summed E-state index contributed by atoms with van der Waals surface area (Å²) in [7, 11) is 0. The van der Waals surface area contributed by atoms with Gasteiger partial charge in [-0.1, -0.05) is 6.42 Å². The number of amides is 2. The summed E-state index contributed by atoms with van der Waals surface area (Å²) in [6, 6.07) is 1.49. The highest BCUT2D eigenvalue weighted by Gasteiger charge is 2.39. The molecule has 2 amide bonds. The first-order valence-corrected chi connectivity index (χ1v) is 9.82. The minimum absolute atomic E-state index is 0.127. The zero-order valence-corrected chi connectivity index (χ0v) is 14.6. The van der Waals surface area contributed by atoms with Crippen molar-refractivity contribution in [1.29, 1.82) is 0 Å². The third-order valence-corrected chi connectivity index (χ3v) is 6.04. The second kappa shape index (κ2) is 6.35. The number of aryl methyl sites for hydroxylation is 1. The van der Waals surface area contributed by atoms with E-state index in [9.17, 15) is 9.59 Å². The van der Waals surface area contributed by atoms with Crippen LogP contribution in [0.15, 0.2) is 6.07 Å². The normalized spacial score (nSPS) is 23.9.